The summed E-state index contributed by atoms with van der Waals surface area (Å²) in [7, 11) is 0. The molecule has 1 saturated carbocycles. The van der Waals surface area contributed by atoms with Gasteiger partial charge in [-0.15, -0.1) is 0 Å². The molecular formula is C19H26N4O4. The molecule has 0 radical (unpaired) electrons. The number of hydrogen-bond acceptors (Lipinski definition) is 4. The van der Waals surface area contributed by atoms with Crippen molar-refractivity contribution in [2.45, 2.75) is 46.1 Å². The normalized spacial score (nSPS) is 17.0. The first-order valence-electron chi connectivity index (χ1n) is 9.44. The minimum Gasteiger partial charge on any atom is -0.354 e. The van der Waals surface area contributed by atoms with Gasteiger partial charge in [0.05, 0.1) is 0 Å². The average molecular weight is 374 g/mol. The molecule has 0 spiro atoms. The van der Waals surface area contributed by atoms with Crippen LogP contribution in [0.25, 0.3) is 0 Å². The molecule has 27 heavy (non-hydrogen) atoms. The van der Waals surface area contributed by atoms with Crippen LogP contribution in [-0.2, 0) is 16.0 Å². The molecule has 1 aliphatic heterocycles. The highest BCUT2D eigenvalue weighted by Gasteiger charge is 2.33. The third-order valence-electron chi connectivity index (χ3n) is 5.17. The summed E-state index contributed by atoms with van der Waals surface area (Å²) in [4.78, 5) is 55.1. The quantitative estimate of drug-likeness (QED) is 0.597. The van der Waals surface area contributed by atoms with Gasteiger partial charge in [-0.05, 0) is 38.7 Å². The van der Waals surface area contributed by atoms with E-state index in [-0.39, 0.29) is 17.7 Å². The molecule has 1 aromatic heterocycles. The Bertz CT molecular complexity index is 786. The van der Waals surface area contributed by atoms with E-state index in [0.717, 1.165) is 18.4 Å². The fraction of sp³-hybridized carbons (Fsp3) is 0.579. The van der Waals surface area contributed by atoms with E-state index in [1.54, 1.807) is 11.8 Å². The van der Waals surface area contributed by atoms with Gasteiger partial charge in [-0.1, -0.05) is 6.92 Å². The van der Waals surface area contributed by atoms with Gasteiger partial charge >= 0.3 is 11.8 Å². The highest BCUT2D eigenvalue weighted by molar-refractivity contribution is 6.35. The molecule has 146 valence electrons. The SMILES string of the molecule is CCc1c(C(=O)N2CCN(C(=O)C(=O)NC3CC3)CC2)[nH]c(C)c1C(C)=O. The lowest BCUT2D eigenvalue weighted by Crippen LogP contribution is -2.54. The molecule has 8 heteroatoms. The first kappa shape index (κ1) is 19.1. The molecule has 3 rings (SSSR count). The fourth-order valence-electron chi connectivity index (χ4n) is 3.58. The highest BCUT2D eigenvalue weighted by atomic mass is 16.2. The molecule has 1 aromatic rings. The number of aromatic nitrogens is 1. The van der Waals surface area contributed by atoms with Crippen LogP contribution in [0.2, 0.25) is 0 Å². The lowest BCUT2D eigenvalue weighted by molar-refractivity contribution is -0.146. The van der Waals surface area contributed by atoms with Gasteiger partial charge in [0.2, 0.25) is 0 Å². The zero-order chi connectivity index (χ0) is 19.7. The lowest BCUT2D eigenvalue weighted by Gasteiger charge is -2.34. The maximum absolute atomic E-state index is 12.9. The second-order valence-corrected chi connectivity index (χ2v) is 7.22. The molecule has 3 amide bonds. The largest absolute Gasteiger partial charge is 0.354 e. The number of carbonyl (C=O) groups is 4. The van der Waals surface area contributed by atoms with Crippen molar-refractivity contribution in [1.82, 2.24) is 20.1 Å². The second kappa shape index (κ2) is 7.54. The van der Waals surface area contributed by atoms with E-state index in [4.69, 9.17) is 0 Å². The molecule has 2 heterocycles. The Morgan fingerprint density at radius 2 is 1.67 bits per heavy atom. The van der Waals surface area contributed by atoms with Gasteiger partial charge in [-0.25, -0.2) is 0 Å². The van der Waals surface area contributed by atoms with Crippen molar-refractivity contribution in [3.8, 4) is 0 Å². The molecule has 0 aromatic carbocycles. The number of carbonyl (C=O) groups excluding carboxylic acids is 4. The number of amides is 3. The van der Waals surface area contributed by atoms with Crippen molar-refractivity contribution >= 4 is 23.5 Å². The molecule has 2 aliphatic rings. The Balaban J connectivity index is 1.65. The summed E-state index contributed by atoms with van der Waals surface area (Å²) in [5.41, 5.74) is 2.48. The number of ketones is 1. The number of piperazine rings is 1. The lowest BCUT2D eigenvalue weighted by atomic mass is 10.0. The molecule has 0 unspecified atom stereocenters. The summed E-state index contributed by atoms with van der Waals surface area (Å²) >= 11 is 0. The van der Waals surface area contributed by atoms with Crippen LogP contribution in [-0.4, -0.2) is 70.5 Å². The monoisotopic (exact) mass is 374 g/mol. The van der Waals surface area contributed by atoms with E-state index >= 15 is 0 Å². The van der Waals surface area contributed by atoms with Crippen LogP contribution in [0.4, 0.5) is 0 Å². The number of nitrogens with one attached hydrogen (secondary N) is 2. The first-order chi connectivity index (χ1) is 12.8. The van der Waals surface area contributed by atoms with Crippen LogP contribution < -0.4 is 5.32 Å². The van der Waals surface area contributed by atoms with E-state index in [9.17, 15) is 19.2 Å². The Hall–Kier alpha value is -2.64. The van der Waals surface area contributed by atoms with Gasteiger partial charge in [0.25, 0.3) is 5.91 Å². The van der Waals surface area contributed by atoms with Crippen LogP contribution in [0.5, 0.6) is 0 Å². The topological polar surface area (TPSA) is 103 Å². The molecule has 1 saturated heterocycles. The van der Waals surface area contributed by atoms with Crippen LogP contribution in [0.15, 0.2) is 0 Å². The molecule has 2 N–H and O–H groups in total. The minimum absolute atomic E-state index is 0.0586. The number of aryl methyl sites for hydroxylation is 1. The maximum atomic E-state index is 12.9. The van der Waals surface area contributed by atoms with Crippen molar-refractivity contribution in [2.75, 3.05) is 26.2 Å². The predicted molar refractivity (Wildman–Crippen MR) is 98.6 cm³/mol. The molecule has 0 bridgehead atoms. The Labute approximate surface area is 158 Å². The van der Waals surface area contributed by atoms with E-state index in [2.05, 4.69) is 10.3 Å². The Morgan fingerprint density at radius 3 is 2.19 bits per heavy atom. The van der Waals surface area contributed by atoms with E-state index in [0.29, 0.717) is 49.6 Å². The number of aromatic amines is 1. The van der Waals surface area contributed by atoms with E-state index < -0.39 is 11.8 Å². The smallest absolute Gasteiger partial charge is 0.312 e. The van der Waals surface area contributed by atoms with Crippen molar-refractivity contribution in [1.29, 1.82) is 0 Å². The van der Waals surface area contributed by atoms with Crippen LogP contribution in [0.1, 0.15) is 58.8 Å². The van der Waals surface area contributed by atoms with Crippen LogP contribution >= 0.6 is 0 Å². The number of H-pyrrole nitrogens is 1. The number of hydrogen-bond donors (Lipinski definition) is 2. The van der Waals surface area contributed by atoms with Gasteiger partial charge in [-0.2, -0.15) is 0 Å². The zero-order valence-electron chi connectivity index (χ0n) is 16.1. The van der Waals surface area contributed by atoms with Crippen molar-refractivity contribution in [3.05, 3.63) is 22.5 Å². The average Bonchev–Trinajstić information content (AvgIpc) is 3.39. The summed E-state index contributed by atoms with van der Waals surface area (Å²) in [6, 6.07) is 0.142. The summed E-state index contributed by atoms with van der Waals surface area (Å²) in [6.07, 6.45) is 2.44. The number of rotatable bonds is 4. The molecule has 1 aliphatic carbocycles. The van der Waals surface area contributed by atoms with Gasteiger partial charge in [0.1, 0.15) is 5.69 Å². The predicted octanol–water partition coefficient (Wildman–Crippen LogP) is 0.651. The van der Waals surface area contributed by atoms with E-state index in [1.807, 2.05) is 6.92 Å². The number of nitrogens with zero attached hydrogens (tertiary/aromatic N) is 2. The van der Waals surface area contributed by atoms with Crippen LogP contribution in [0.3, 0.4) is 0 Å². The zero-order valence-corrected chi connectivity index (χ0v) is 16.1. The molecule has 8 nitrogen and oxygen atoms in total. The molecule has 2 fully saturated rings. The van der Waals surface area contributed by atoms with Gasteiger partial charge < -0.3 is 20.1 Å². The third kappa shape index (κ3) is 3.89. The van der Waals surface area contributed by atoms with E-state index in [1.165, 1.54) is 11.8 Å². The third-order valence-corrected chi connectivity index (χ3v) is 5.17. The van der Waals surface area contributed by atoms with Crippen molar-refractivity contribution in [2.24, 2.45) is 0 Å². The number of Topliss-reactive ketones (excluding diaryl/α,β-unsaturated/α-hetero) is 1. The molecule has 0 atom stereocenters. The van der Waals surface area contributed by atoms with Crippen molar-refractivity contribution in [3.63, 3.8) is 0 Å². The van der Waals surface area contributed by atoms with Gasteiger partial charge in [-0.3, -0.25) is 19.2 Å². The summed E-state index contributed by atoms with van der Waals surface area (Å²) in [5.74, 6) is -1.32. The summed E-state index contributed by atoms with van der Waals surface area (Å²) in [6.45, 7) is 6.58. The highest BCUT2D eigenvalue weighted by Crippen LogP contribution is 2.22. The Kier molecular flexibility index (Phi) is 5.34. The second-order valence-electron chi connectivity index (χ2n) is 7.22. The Morgan fingerprint density at radius 1 is 1.07 bits per heavy atom. The minimum atomic E-state index is -0.559. The maximum Gasteiger partial charge on any atom is 0.312 e. The van der Waals surface area contributed by atoms with Crippen LogP contribution in [0, 0.1) is 6.92 Å². The van der Waals surface area contributed by atoms with Gasteiger partial charge in [0.15, 0.2) is 5.78 Å². The van der Waals surface area contributed by atoms with Crippen molar-refractivity contribution < 1.29 is 19.2 Å². The summed E-state index contributed by atoms with van der Waals surface area (Å²) in [5, 5.41) is 2.70. The van der Waals surface area contributed by atoms with Gasteiger partial charge in [0, 0.05) is 43.5 Å². The fourth-order valence-corrected chi connectivity index (χ4v) is 3.58. The standard InChI is InChI=1S/C19H26N4O4/c1-4-14-15(12(3)24)11(2)20-16(14)18(26)22-7-9-23(10-8-22)19(27)17(25)21-13-5-6-13/h13,20H,4-10H2,1-3H3,(H,21,25). The molecular weight excluding hydrogens is 348 g/mol. The summed E-state index contributed by atoms with van der Waals surface area (Å²) < 4.78 is 0. The first-order valence-corrected chi connectivity index (χ1v) is 9.44.